The summed E-state index contributed by atoms with van der Waals surface area (Å²) in [7, 11) is 0. The minimum Gasteiger partial charge on any atom is -0.450 e. The van der Waals surface area contributed by atoms with Gasteiger partial charge in [0, 0.05) is 6.42 Å². The lowest BCUT2D eigenvalue weighted by atomic mass is 9.99. The predicted molar refractivity (Wildman–Crippen MR) is 121 cm³/mol. The van der Waals surface area contributed by atoms with E-state index >= 15 is 0 Å². The Kier molecular flexibility index (Phi) is 5.23. The summed E-state index contributed by atoms with van der Waals surface area (Å²) in [6, 6.07) is 7.59. The van der Waals surface area contributed by atoms with Crippen LogP contribution in [0.1, 0.15) is 46.1 Å². The molecular weight excluding hydrogens is 476 g/mol. The van der Waals surface area contributed by atoms with Crippen molar-refractivity contribution in [3.05, 3.63) is 84.4 Å². The minimum absolute atomic E-state index is 0.0485. The molecule has 5 rings (SSSR count). The van der Waals surface area contributed by atoms with Gasteiger partial charge in [-0.1, -0.05) is 47.5 Å². The first-order valence-corrected chi connectivity index (χ1v) is 11.3. The topological polar surface area (TPSA) is 76.3 Å². The number of amides is 1. The molecule has 1 amide bonds. The molecule has 0 bridgehead atoms. The van der Waals surface area contributed by atoms with Crippen molar-refractivity contribution in [2.75, 3.05) is 4.90 Å². The van der Waals surface area contributed by atoms with Crippen LogP contribution in [0.2, 0.25) is 10.0 Å². The molecule has 0 N–H and O–H groups in total. The number of nitrogens with zero attached hydrogens (tertiary/aromatic N) is 3. The number of hydrogen-bond donors (Lipinski definition) is 0. The second-order valence-electron chi connectivity index (χ2n) is 7.29. The number of benzene rings is 2. The molecule has 1 atom stereocenters. The number of hydrogen-bond acceptors (Lipinski definition) is 6. The minimum atomic E-state index is -0.876. The number of aromatic nitrogens is 2. The Hall–Kier alpha value is -2.81. The van der Waals surface area contributed by atoms with E-state index in [-0.39, 0.29) is 27.3 Å². The van der Waals surface area contributed by atoms with E-state index in [1.165, 1.54) is 28.4 Å². The number of rotatable bonds is 4. The summed E-state index contributed by atoms with van der Waals surface area (Å²) in [5.41, 5.74) is 0.272. The zero-order valence-electron chi connectivity index (χ0n) is 16.6. The first kappa shape index (κ1) is 21.1. The van der Waals surface area contributed by atoms with Gasteiger partial charge in [0.1, 0.15) is 16.4 Å². The molecule has 0 spiro atoms. The standard InChI is InChI=1S/C22H14Cl2FN3O3S/c1-2-3-16-26-27-22(32-16)28-18(10-4-6-13(23)14(24)8-10)17-19(29)12-9-11(25)5-7-15(12)31-20(17)21(28)30/h4-9,18H,2-3H2,1H3. The highest BCUT2D eigenvalue weighted by Gasteiger charge is 2.45. The van der Waals surface area contributed by atoms with Gasteiger partial charge in [-0.05, 0) is 42.3 Å². The Morgan fingerprint density at radius 2 is 1.94 bits per heavy atom. The van der Waals surface area contributed by atoms with Crippen molar-refractivity contribution in [3.63, 3.8) is 0 Å². The average Bonchev–Trinajstić information content (AvgIpc) is 3.33. The second kappa shape index (κ2) is 7.95. The lowest BCUT2D eigenvalue weighted by Crippen LogP contribution is -2.29. The zero-order valence-corrected chi connectivity index (χ0v) is 18.9. The maximum Gasteiger partial charge on any atom is 0.297 e. The Morgan fingerprint density at radius 1 is 1.12 bits per heavy atom. The summed E-state index contributed by atoms with van der Waals surface area (Å²) in [5.74, 6) is -1.22. The summed E-state index contributed by atoms with van der Waals surface area (Å²) in [6.07, 6.45) is 1.58. The van der Waals surface area contributed by atoms with E-state index in [1.54, 1.807) is 18.2 Å². The summed E-state index contributed by atoms with van der Waals surface area (Å²) >= 11 is 13.6. The first-order chi connectivity index (χ1) is 15.4. The number of carbonyl (C=O) groups is 1. The molecule has 0 fully saturated rings. The van der Waals surface area contributed by atoms with Crippen LogP contribution < -0.4 is 10.3 Å². The molecule has 0 radical (unpaired) electrons. The number of anilines is 1. The highest BCUT2D eigenvalue weighted by molar-refractivity contribution is 7.15. The lowest BCUT2D eigenvalue weighted by Gasteiger charge is -2.22. The van der Waals surface area contributed by atoms with Gasteiger partial charge >= 0.3 is 0 Å². The third-order valence-electron chi connectivity index (χ3n) is 5.22. The van der Waals surface area contributed by atoms with E-state index in [4.69, 9.17) is 27.6 Å². The van der Waals surface area contributed by atoms with E-state index in [0.717, 1.165) is 17.5 Å². The van der Waals surface area contributed by atoms with Crippen LogP contribution in [0.4, 0.5) is 9.52 Å². The molecule has 2 aromatic carbocycles. The van der Waals surface area contributed by atoms with Crippen LogP contribution in [-0.2, 0) is 6.42 Å². The highest BCUT2D eigenvalue weighted by Crippen LogP contribution is 2.43. The van der Waals surface area contributed by atoms with Crippen LogP contribution in [0.15, 0.2) is 45.6 Å². The van der Waals surface area contributed by atoms with Gasteiger partial charge in [-0.2, -0.15) is 0 Å². The average molecular weight is 490 g/mol. The molecule has 0 saturated heterocycles. The van der Waals surface area contributed by atoms with Gasteiger partial charge in [0.2, 0.25) is 10.9 Å². The van der Waals surface area contributed by atoms with Crippen molar-refractivity contribution in [2.45, 2.75) is 25.8 Å². The van der Waals surface area contributed by atoms with Crippen molar-refractivity contribution < 1.29 is 13.6 Å². The monoisotopic (exact) mass is 489 g/mol. The Balaban J connectivity index is 1.78. The van der Waals surface area contributed by atoms with Gasteiger partial charge in [0.05, 0.1) is 27.0 Å². The molecule has 4 aromatic rings. The van der Waals surface area contributed by atoms with Crippen LogP contribution in [0.25, 0.3) is 11.0 Å². The smallest absolute Gasteiger partial charge is 0.297 e. The second-order valence-corrected chi connectivity index (χ2v) is 9.15. The van der Waals surface area contributed by atoms with Crippen molar-refractivity contribution in [3.8, 4) is 0 Å². The molecule has 162 valence electrons. The van der Waals surface area contributed by atoms with Crippen molar-refractivity contribution in [1.29, 1.82) is 0 Å². The van der Waals surface area contributed by atoms with Gasteiger partial charge in [-0.3, -0.25) is 14.5 Å². The van der Waals surface area contributed by atoms with Gasteiger partial charge in [-0.25, -0.2) is 4.39 Å². The van der Waals surface area contributed by atoms with E-state index < -0.39 is 23.2 Å². The molecule has 2 aromatic heterocycles. The fourth-order valence-electron chi connectivity index (χ4n) is 3.80. The van der Waals surface area contributed by atoms with Gasteiger partial charge in [0.15, 0.2) is 5.43 Å². The highest BCUT2D eigenvalue weighted by atomic mass is 35.5. The fourth-order valence-corrected chi connectivity index (χ4v) is 5.07. The molecular formula is C22H14Cl2FN3O3S. The Morgan fingerprint density at radius 3 is 2.69 bits per heavy atom. The quantitative estimate of drug-likeness (QED) is 0.362. The van der Waals surface area contributed by atoms with Crippen LogP contribution in [0, 0.1) is 5.82 Å². The predicted octanol–water partition coefficient (Wildman–Crippen LogP) is 5.79. The summed E-state index contributed by atoms with van der Waals surface area (Å²) < 4.78 is 19.7. The largest absolute Gasteiger partial charge is 0.450 e. The van der Waals surface area contributed by atoms with E-state index in [0.29, 0.717) is 22.1 Å². The summed E-state index contributed by atoms with van der Waals surface area (Å²) in [5, 5.41) is 10.1. The Bertz CT molecular complexity index is 1450. The van der Waals surface area contributed by atoms with E-state index in [1.807, 2.05) is 6.92 Å². The lowest BCUT2D eigenvalue weighted by molar-refractivity contribution is 0.0970. The molecule has 3 heterocycles. The molecule has 1 unspecified atom stereocenters. The fraction of sp³-hybridized carbons (Fsp3) is 0.182. The normalized spacial score (nSPS) is 15.6. The number of fused-ring (bicyclic) bond motifs is 2. The number of halogens is 3. The van der Waals surface area contributed by atoms with Crippen molar-refractivity contribution >= 4 is 56.5 Å². The summed E-state index contributed by atoms with van der Waals surface area (Å²) in [6.45, 7) is 2.02. The third kappa shape index (κ3) is 3.30. The number of carbonyl (C=O) groups excluding carboxylic acids is 1. The van der Waals surface area contributed by atoms with Crippen LogP contribution in [-0.4, -0.2) is 16.1 Å². The van der Waals surface area contributed by atoms with Crippen molar-refractivity contribution in [2.24, 2.45) is 0 Å². The van der Waals surface area contributed by atoms with Gasteiger partial charge in [-0.15, -0.1) is 10.2 Å². The van der Waals surface area contributed by atoms with Crippen LogP contribution >= 0.6 is 34.5 Å². The molecule has 1 aliphatic rings. The first-order valence-electron chi connectivity index (χ1n) is 9.76. The van der Waals surface area contributed by atoms with Gasteiger partial charge in [0.25, 0.3) is 5.91 Å². The summed E-state index contributed by atoms with van der Waals surface area (Å²) in [4.78, 5) is 28.3. The third-order valence-corrected chi connectivity index (χ3v) is 6.94. The SMILES string of the molecule is CCCc1nnc(N2C(=O)c3oc4ccc(F)cc4c(=O)c3C2c2ccc(Cl)c(Cl)c2)s1. The van der Waals surface area contributed by atoms with Gasteiger partial charge < -0.3 is 4.42 Å². The van der Waals surface area contributed by atoms with E-state index in [9.17, 15) is 14.0 Å². The van der Waals surface area contributed by atoms with Crippen LogP contribution in [0.5, 0.6) is 0 Å². The molecule has 10 heteroatoms. The molecule has 0 saturated carbocycles. The Labute approximate surface area is 195 Å². The zero-order chi connectivity index (χ0) is 22.6. The van der Waals surface area contributed by atoms with E-state index in [2.05, 4.69) is 10.2 Å². The maximum atomic E-state index is 13.9. The van der Waals surface area contributed by atoms with Crippen molar-refractivity contribution in [1.82, 2.24) is 10.2 Å². The molecule has 32 heavy (non-hydrogen) atoms. The maximum absolute atomic E-state index is 13.9. The molecule has 1 aliphatic heterocycles. The number of aryl methyl sites for hydroxylation is 1. The molecule has 0 aliphatic carbocycles. The molecule has 6 nitrogen and oxygen atoms in total. The van der Waals surface area contributed by atoms with Crippen LogP contribution in [0.3, 0.4) is 0 Å².